The van der Waals surface area contributed by atoms with Gasteiger partial charge in [0.15, 0.2) is 9.99 Å². The molecule has 3 rings (SSSR count). The van der Waals surface area contributed by atoms with Crippen molar-refractivity contribution in [1.82, 2.24) is 24.6 Å². The number of imidazole rings is 1. The first kappa shape index (κ1) is 12.4. The van der Waals surface area contributed by atoms with Crippen LogP contribution >= 0.6 is 23.1 Å². The third kappa shape index (κ3) is 2.54. The molecular formula is C11H12N6S2. The Morgan fingerprint density at radius 1 is 1.42 bits per heavy atom. The van der Waals surface area contributed by atoms with Gasteiger partial charge in [-0.25, -0.2) is 9.97 Å². The molecule has 3 heterocycles. The second-order valence-corrected chi connectivity index (χ2v) is 6.23. The van der Waals surface area contributed by atoms with Gasteiger partial charge in [-0.15, -0.1) is 10.2 Å². The highest BCUT2D eigenvalue weighted by atomic mass is 32.2. The normalized spacial score (nSPS) is 11.1. The zero-order valence-corrected chi connectivity index (χ0v) is 12.1. The molecule has 0 atom stereocenters. The summed E-state index contributed by atoms with van der Waals surface area (Å²) in [6, 6.07) is 0. The molecule has 0 unspecified atom stereocenters. The fourth-order valence-corrected chi connectivity index (χ4v) is 3.46. The van der Waals surface area contributed by atoms with Crippen molar-refractivity contribution in [1.29, 1.82) is 0 Å². The van der Waals surface area contributed by atoms with Crippen LogP contribution in [0.4, 0.5) is 5.82 Å². The molecule has 0 aliphatic heterocycles. The monoisotopic (exact) mass is 292 g/mol. The van der Waals surface area contributed by atoms with Crippen LogP contribution in [0.2, 0.25) is 0 Å². The van der Waals surface area contributed by atoms with Gasteiger partial charge in [0, 0.05) is 18.9 Å². The molecule has 0 saturated heterocycles. The Hall–Kier alpha value is -1.67. The van der Waals surface area contributed by atoms with Crippen molar-refractivity contribution in [2.24, 2.45) is 0 Å². The van der Waals surface area contributed by atoms with Gasteiger partial charge in [-0.05, 0) is 25.6 Å². The van der Waals surface area contributed by atoms with Gasteiger partial charge in [0.2, 0.25) is 0 Å². The standard InChI is InChI=1S/C11H12N6S2/c1-3-12-8-6-17-5-4-13-9(17)10(14-8)19-11-16-15-7(2)18-11/h4-6,12H,3H2,1-2H3. The van der Waals surface area contributed by atoms with E-state index in [1.54, 1.807) is 17.5 Å². The minimum Gasteiger partial charge on any atom is -0.369 e. The van der Waals surface area contributed by atoms with Gasteiger partial charge in [-0.3, -0.25) is 0 Å². The molecule has 0 bridgehead atoms. The summed E-state index contributed by atoms with van der Waals surface area (Å²) in [5.41, 5.74) is 0.833. The van der Waals surface area contributed by atoms with Crippen LogP contribution in [0.25, 0.3) is 5.65 Å². The first-order valence-electron chi connectivity index (χ1n) is 5.82. The van der Waals surface area contributed by atoms with E-state index >= 15 is 0 Å². The molecule has 0 radical (unpaired) electrons. The molecule has 3 aromatic heterocycles. The molecule has 1 N–H and O–H groups in total. The SMILES string of the molecule is CCNc1cn2ccnc2c(Sc2nnc(C)s2)n1. The second-order valence-electron chi connectivity index (χ2n) is 3.81. The lowest BCUT2D eigenvalue weighted by Crippen LogP contribution is -2.02. The Balaban J connectivity index is 2.02. The number of aromatic nitrogens is 5. The summed E-state index contributed by atoms with van der Waals surface area (Å²) in [5, 5.41) is 13.1. The van der Waals surface area contributed by atoms with Crippen LogP contribution in [0.15, 0.2) is 28.0 Å². The summed E-state index contributed by atoms with van der Waals surface area (Å²) in [6.07, 6.45) is 5.61. The van der Waals surface area contributed by atoms with E-state index in [0.717, 1.165) is 32.4 Å². The second kappa shape index (κ2) is 5.14. The fraction of sp³-hybridized carbons (Fsp3) is 0.273. The summed E-state index contributed by atoms with van der Waals surface area (Å²) < 4.78 is 2.84. The smallest absolute Gasteiger partial charge is 0.180 e. The van der Waals surface area contributed by atoms with Crippen molar-refractivity contribution in [3.63, 3.8) is 0 Å². The number of hydrogen-bond acceptors (Lipinski definition) is 7. The van der Waals surface area contributed by atoms with Crippen molar-refractivity contribution in [3.8, 4) is 0 Å². The highest BCUT2D eigenvalue weighted by molar-refractivity contribution is 8.01. The average molecular weight is 292 g/mol. The molecule has 8 heteroatoms. The quantitative estimate of drug-likeness (QED) is 0.796. The third-order valence-corrected chi connectivity index (χ3v) is 4.25. The highest BCUT2D eigenvalue weighted by Crippen LogP contribution is 2.31. The minimum atomic E-state index is 0.829. The lowest BCUT2D eigenvalue weighted by Gasteiger charge is -2.06. The molecule has 0 saturated carbocycles. The molecule has 19 heavy (non-hydrogen) atoms. The number of hydrogen-bond donors (Lipinski definition) is 1. The first-order chi connectivity index (χ1) is 9.26. The summed E-state index contributed by atoms with van der Waals surface area (Å²) in [4.78, 5) is 8.91. The van der Waals surface area contributed by atoms with Gasteiger partial charge in [-0.1, -0.05) is 11.3 Å². The van der Waals surface area contributed by atoms with Crippen LogP contribution in [0, 0.1) is 6.92 Å². The lowest BCUT2D eigenvalue weighted by atomic mass is 10.6. The van der Waals surface area contributed by atoms with E-state index in [1.807, 2.05) is 30.6 Å². The van der Waals surface area contributed by atoms with Crippen molar-refractivity contribution in [2.75, 3.05) is 11.9 Å². The van der Waals surface area contributed by atoms with Crippen LogP contribution in [0.1, 0.15) is 11.9 Å². The number of nitrogens with one attached hydrogen (secondary N) is 1. The highest BCUT2D eigenvalue weighted by Gasteiger charge is 2.11. The van der Waals surface area contributed by atoms with Crippen LogP contribution in [0.5, 0.6) is 0 Å². The third-order valence-electron chi connectivity index (χ3n) is 2.39. The fourth-order valence-electron chi connectivity index (χ4n) is 1.64. The molecule has 0 spiro atoms. The number of fused-ring (bicyclic) bond motifs is 1. The van der Waals surface area contributed by atoms with E-state index in [2.05, 4.69) is 25.5 Å². The van der Waals surface area contributed by atoms with Gasteiger partial charge in [0.1, 0.15) is 15.9 Å². The van der Waals surface area contributed by atoms with Gasteiger partial charge < -0.3 is 9.72 Å². The Kier molecular flexibility index (Phi) is 3.34. The van der Waals surface area contributed by atoms with Gasteiger partial charge in [-0.2, -0.15) is 0 Å². The van der Waals surface area contributed by atoms with Crippen molar-refractivity contribution in [2.45, 2.75) is 23.2 Å². The van der Waals surface area contributed by atoms with Crippen LogP contribution in [0.3, 0.4) is 0 Å². The Morgan fingerprint density at radius 3 is 3.05 bits per heavy atom. The van der Waals surface area contributed by atoms with Crippen LogP contribution < -0.4 is 5.32 Å². The predicted molar refractivity (Wildman–Crippen MR) is 75.9 cm³/mol. The zero-order chi connectivity index (χ0) is 13.2. The van der Waals surface area contributed by atoms with E-state index in [1.165, 1.54) is 11.8 Å². The largest absolute Gasteiger partial charge is 0.369 e. The van der Waals surface area contributed by atoms with E-state index in [0.29, 0.717) is 0 Å². The van der Waals surface area contributed by atoms with E-state index in [-0.39, 0.29) is 0 Å². The van der Waals surface area contributed by atoms with Crippen LogP contribution in [-0.4, -0.2) is 31.1 Å². The zero-order valence-electron chi connectivity index (χ0n) is 10.5. The molecule has 3 aromatic rings. The topological polar surface area (TPSA) is 68.0 Å². The maximum Gasteiger partial charge on any atom is 0.180 e. The van der Waals surface area contributed by atoms with Crippen LogP contribution in [-0.2, 0) is 0 Å². The maximum atomic E-state index is 4.57. The summed E-state index contributed by atoms with van der Waals surface area (Å²) in [6.45, 7) is 4.81. The Labute approximate surface area is 118 Å². The Morgan fingerprint density at radius 2 is 2.32 bits per heavy atom. The average Bonchev–Trinajstić information content (AvgIpc) is 2.99. The van der Waals surface area contributed by atoms with E-state index in [9.17, 15) is 0 Å². The number of aryl methyl sites for hydroxylation is 1. The van der Waals surface area contributed by atoms with E-state index < -0.39 is 0 Å². The van der Waals surface area contributed by atoms with Gasteiger partial charge in [0.05, 0.1) is 6.20 Å². The van der Waals surface area contributed by atoms with Crippen molar-refractivity contribution < 1.29 is 0 Å². The Bertz CT molecular complexity index is 704. The summed E-state index contributed by atoms with van der Waals surface area (Å²) in [7, 11) is 0. The molecule has 0 aromatic carbocycles. The van der Waals surface area contributed by atoms with Gasteiger partial charge in [0.25, 0.3) is 0 Å². The van der Waals surface area contributed by atoms with Gasteiger partial charge >= 0.3 is 0 Å². The molecule has 0 aliphatic carbocycles. The van der Waals surface area contributed by atoms with E-state index in [4.69, 9.17) is 0 Å². The number of rotatable bonds is 4. The molecular weight excluding hydrogens is 280 g/mol. The number of nitrogens with zero attached hydrogens (tertiary/aromatic N) is 5. The molecule has 0 amide bonds. The summed E-state index contributed by atoms with van der Waals surface area (Å²) in [5.74, 6) is 0.830. The minimum absolute atomic E-state index is 0.829. The summed E-state index contributed by atoms with van der Waals surface area (Å²) >= 11 is 3.05. The van der Waals surface area contributed by atoms with Crippen molar-refractivity contribution in [3.05, 3.63) is 23.6 Å². The lowest BCUT2D eigenvalue weighted by molar-refractivity contribution is 0.975. The molecule has 6 nitrogen and oxygen atoms in total. The predicted octanol–water partition coefficient (Wildman–Crippen LogP) is 2.47. The first-order valence-corrected chi connectivity index (χ1v) is 7.45. The molecule has 98 valence electrons. The number of anilines is 1. The molecule has 0 aliphatic rings. The van der Waals surface area contributed by atoms with Crippen molar-refractivity contribution >= 4 is 34.6 Å². The molecule has 0 fully saturated rings. The maximum absolute atomic E-state index is 4.57.